The van der Waals surface area contributed by atoms with E-state index < -0.39 is 0 Å². The molecule has 2 heteroatoms. The number of aryl methyl sites for hydroxylation is 1. The molecule has 1 aromatic heterocycles. The third-order valence-electron chi connectivity index (χ3n) is 1.27. The van der Waals surface area contributed by atoms with Crippen LogP contribution in [0.1, 0.15) is 25.5 Å². The molecule has 0 radical (unpaired) electrons. The van der Waals surface area contributed by atoms with Crippen LogP contribution in [0, 0.1) is 0 Å². The number of unbranched alkanes of at least 4 members (excludes halogenated alkanes) is 1. The third kappa shape index (κ3) is 1.88. The Labute approximate surface area is 54.9 Å². The van der Waals surface area contributed by atoms with Gasteiger partial charge in [-0.3, -0.25) is 0 Å². The van der Waals surface area contributed by atoms with E-state index in [2.05, 4.69) is 12.1 Å². The van der Waals surface area contributed by atoms with Crippen LogP contribution >= 0.6 is 0 Å². The first-order valence-corrected chi connectivity index (χ1v) is 3.33. The topological polar surface area (TPSA) is 26.0 Å². The average Bonchev–Trinajstić information content (AvgIpc) is 2.34. The normalized spacial score (nSPS) is 9.89. The molecule has 1 rings (SSSR count). The van der Waals surface area contributed by atoms with Gasteiger partial charge in [-0.05, 0) is 6.42 Å². The lowest BCUT2D eigenvalue weighted by molar-refractivity contribution is 0.380. The maximum Gasteiger partial charge on any atom is 0.136 e. The third-order valence-corrected chi connectivity index (χ3v) is 1.27. The van der Waals surface area contributed by atoms with Crippen molar-refractivity contribution in [3.63, 3.8) is 0 Å². The van der Waals surface area contributed by atoms with Crippen LogP contribution in [0.25, 0.3) is 0 Å². The molecular weight excluding hydrogens is 114 g/mol. The highest BCUT2D eigenvalue weighted by Crippen LogP contribution is 2.01. The molecule has 0 amide bonds. The largest absolute Gasteiger partial charge is 0.361 e. The lowest BCUT2D eigenvalue weighted by atomic mass is 10.2. The molecule has 9 heavy (non-hydrogen) atoms. The van der Waals surface area contributed by atoms with E-state index in [0.717, 1.165) is 12.2 Å². The van der Waals surface area contributed by atoms with Crippen LogP contribution in [0.5, 0.6) is 0 Å². The first-order chi connectivity index (χ1) is 4.43. The molecular formula is C7H11NO. The van der Waals surface area contributed by atoms with Crippen molar-refractivity contribution < 1.29 is 4.52 Å². The number of rotatable bonds is 3. The minimum absolute atomic E-state index is 0.997. The number of aromatic nitrogens is 1. The number of hydrogen-bond acceptors (Lipinski definition) is 2. The lowest BCUT2D eigenvalue weighted by Gasteiger charge is -1.88. The smallest absolute Gasteiger partial charge is 0.136 e. The minimum atomic E-state index is 0.997. The summed E-state index contributed by atoms with van der Waals surface area (Å²) < 4.78 is 4.89. The zero-order valence-electron chi connectivity index (χ0n) is 5.63. The van der Waals surface area contributed by atoms with Crippen molar-refractivity contribution >= 4 is 0 Å². The molecule has 0 aliphatic heterocycles. The minimum Gasteiger partial charge on any atom is -0.361 e. The van der Waals surface area contributed by atoms with Crippen molar-refractivity contribution in [3.05, 3.63) is 18.0 Å². The molecule has 0 atom stereocenters. The Balaban J connectivity index is 2.30. The Bertz CT molecular complexity index is 146. The highest BCUT2D eigenvalue weighted by molar-refractivity contribution is 4.92. The summed E-state index contributed by atoms with van der Waals surface area (Å²) in [5.74, 6) is 0.997. The van der Waals surface area contributed by atoms with Crippen molar-refractivity contribution in [1.82, 2.24) is 5.16 Å². The Kier molecular flexibility index (Phi) is 2.31. The monoisotopic (exact) mass is 125 g/mol. The zero-order chi connectivity index (χ0) is 6.53. The summed E-state index contributed by atoms with van der Waals surface area (Å²) in [6, 6.07) is 1.91. The fraction of sp³-hybridized carbons (Fsp3) is 0.571. The van der Waals surface area contributed by atoms with Crippen LogP contribution in [-0.2, 0) is 6.42 Å². The molecule has 2 nitrogen and oxygen atoms in total. The van der Waals surface area contributed by atoms with Gasteiger partial charge in [-0.15, -0.1) is 0 Å². The molecule has 0 saturated heterocycles. The molecule has 0 fully saturated rings. The van der Waals surface area contributed by atoms with Crippen molar-refractivity contribution in [2.24, 2.45) is 0 Å². The first kappa shape index (κ1) is 6.33. The Morgan fingerprint density at radius 1 is 1.67 bits per heavy atom. The van der Waals surface area contributed by atoms with Gasteiger partial charge in [0, 0.05) is 12.5 Å². The second-order valence-electron chi connectivity index (χ2n) is 2.08. The number of hydrogen-bond donors (Lipinski definition) is 0. The predicted octanol–water partition coefficient (Wildman–Crippen LogP) is 2.02. The Morgan fingerprint density at radius 2 is 2.56 bits per heavy atom. The quantitative estimate of drug-likeness (QED) is 0.617. The summed E-state index contributed by atoms with van der Waals surface area (Å²) in [5, 5.41) is 3.60. The van der Waals surface area contributed by atoms with E-state index in [-0.39, 0.29) is 0 Å². The molecule has 0 bridgehead atoms. The summed E-state index contributed by atoms with van der Waals surface area (Å²) in [4.78, 5) is 0. The summed E-state index contributed by atoms with van der Waals surface area (Å²) in [5.41, 5.74) is 0. The van der Waals surface area contributed by atoms with Gasteiger partial charge in [-0.2, -0.15) is 0 Å². The van der Waals surface area contributed by atoms with Gasteiger partial charge in [0.25, 0.3) is 0 Å². The molecule has 0 aliphatic carbocycles. The highest BCUT2D eigenvalue weighted by Gasteiger charge is 1.92. The van der Waals surface area contributed by atoms with E-state index >= 15 is 0 Å². The maximum atomic E-state index is 4.89. The summed E-state index contributed by atoms with van der Waals surface area (Å²) >= 11 is 0. The van der Waals surface area contributed by atoms with Crippen LogP contribution in [0.4, 0.5) is 0 Å². The standard InChI is InChI=1S/C7H11NO/c1-2-3-4-7-5-6-8-9-7/h5-6H,2-4H2,1H3. The second-order valence-corrected chi connectivity index (χ2v) is 2.08. The molecule has 0 unspecified atom stereocenters. The van der Waals surface area contributed by atoms with Crippen molar-refractivity contribution in [2.75, 3.05) is 0 Å². The van der Waals surface area contributed by atoms with Gasteiger partial charge in [-0.25, -0.2) is 0 Å². The Hall–Kier alpha value is -0.790. The van der Waals surface area contributed by atoms with E-state index in [1.165, 1.54) is 12.8 Å². The van der Waals surface area contributed by atoms with Crippen molar-refractivity contribution in [3.8, 4) is 0 Å². The van der Waals surface area contributed by atoms with Gasteiger partial charge in [0.05, 0.1) is 6.20 Å². The molecule has 1 aromatic rings. The van der Waals surface area contributed by atoms with Crippen molar-refractivity contribution in [1.29, 1.82) is 0 Å². The van der Waals surface area contributed by atoms with Crippen LogP contribution in [-0.4, -0.2) is 5.16 Å². The SMILES string of the molecule is CCCCc1ccno1. The molecule has 0 aromatic carbocycles. The zero-order valence-corrected chi connectivity index (χ0v) is 5.63. The van der Waals surface area contributed by atoms with Crippen molar-refractivity contribution in [2.45, 2.75) is 26.2 Å². The molecule has 1 heterocycles. The van der Waals surface area contributed by atoms with Gasteiger partial charge in [0.1, 0.15) is 5.76 Å². The molecule has 0 spiro atoms. The van der Waals surface area contributed by atoms with Gasteiger partial charge < -0.3 is 4.52 Å². The summed E-state index contributed by atoms with van der Waals surface area (Å²) in [6.07, 6.45) is 5.11. The van der Waals surface area contributed by atoms with Crippen LogP contribution < -0.4 is 0 Å². The second kappa shape index (κ2) is 3.28. The molecule has 0 saturated carbocycles. The van der Waals surface area contributed by atoms with E-state index in [4.69, 9.17) is 4.52 Å². The van der Waals surface area contributed by atoms with E-state index in [1.807, 2.05) is 6.07 Å². The molecule has 0 aliphatic rings. The van der Waals surface area contributed by atoms with Gasteiger partial charge in [0.15, 0.2) is 0 Å². The molecule has 0 N–H and O–H groups in total. The van der Waals surface area contributed by atoms with E-state index in [9.17, 15) is 0 Å². The van der Waals surface area contributed by atoms with Crippen LogP contribution in [0.2, 0.25) is 0 Å². The lowest BCUT2D eigenvalue weighted by Crippen LogP contribution is -1.78. The van der Waals surface area contributed by atoms with Gasteiger partial charge >= 0.3 is 0 Å². The first-order valence-electron chi connectivity index (χ1n) is 3.33. The summed E-state index contributed by atoms with van der Waals surface area (Å²) in [7, 11) is 0. The fourth-order valence-corrected chi connectivity index (χ4v) is 0.722. The van der Waals surface area contributed by atoms with Gasteiger partial charge in [0.2, 0.25) is 0 Å². The Morgan fingerprint density at radius 3 is 3.11 bits per heavy atom. The maximum absolute atomic E-state index is 4.89. The van der Waals surface area contributed by atoms with Gasteiger partial charge in [-0.1, -0.05) is 18.5 Å². The average molecular weight is 125 g/mol. The van der Waals surface area contributed by atoms with Crippen LogP contribution in [0.15, 0.2) is 16.8 Å². The summed E-state index contributed by atoms with van der Waals surface area (Å²) in [6.45, 7) is 2.16. The predicted molar refractivity (Wildman–Crippen MR) is 35.1 cm³/mol. The van der Waals surface area contributed by atoms with E-state index in [1.54, 1.807) is 6.20 Å². The number of nitrogens with zero attached hydrogens (tertiary/aromatic N) is 1. The highest BCUT2D eigenvalue weighted by atomic mass is 16.5. The molecule has 50 valence electrons. The fourth-order valence-electron chi connectivity index (χ4n) is 0.722. The van der Waals surface area contributed by atoms with Crippen LogP contribution in [0.3, 0.4) is 0 Å². The van der Waals surface area contributed by atoms with E-state index in [0.29, 0.717) is 0 Å².